The highest BCUT2D eigenvalue weighted by Crippen LogP contribution is 2.42. The zero-order valence-electron chi connectivity index (χ0n) is 50.5. The maximum Gasteiger partial charge on any atom is 0.306 e. The number of hydroxylamine groups is 2. The second-order valence-electron chi connectivity index (χ2n) is 23.1. The number of rotatable bonds is 50. The van der Waals surface area contributed by atoms with Gasteiger partial charge in [0.05, 0.1) is 29.1 Å². The molecule has 0 aromatic heterocycles. The van der Waals surface area contributed by atoms with Crippen molar-refractivity contribution < 1.29 is 66.9 Å². The monoisotopic (exact) mass is 1180 g/mol. The van der Waals surface area contributed by atoms with E-state index in [-0.39, 0.29) is 49.9 Å². The molecule has 24 heteroatoms. The van der Waals surface area contributed by atoms with Crippen LogP contribution in [0.3, 0.4) is 0 Å². The molecule has 1 aliphatic rings. The maximum absolute atomic E-state index is 12.9. The van der Waals surface area contributed by atoms with Crippen molar-refractivity contribution in [2.75, 3.05) is 63.3 Å². The molecule has 23 nitrogen and oxygen atoms in total. The van der Waals surface area contributed by atoms with Gasteiger partial charge in [-0.2, -0.15) is 5.06 Å². The van der Waals surface area contributed by atoms with Crippen LogP contribution in [0.25, 0.3) is 0 Å². The maximum atomic E-state index is 12.9. The Hall–Kier alpha value is -4.51. The molecule has 0 saturated carbocycles. The minimum Gasteiger partial charge on any atom is -0.756 e. The standard InChI is InChI=1S/C58H104N7O16P/c1-7-9-11-13-15-17-19-21-23-25-27-29-31-33-55(68)78-43-48(81-56(69)34-32-30-28-26-24-22-20-18-16-14-12-10-8-2)44-80-82(75,76)79-38-37-61-54(67)46-77-45-53(66)60-36-35-59-49-39-50(52(64(72)73)40-51(49)63(70)71)62-47-41-57(3,4)65(74)58(5,6)42-47/h39-40,47-48,59,62,74H,7-38,41-46H2,1-6H3,(H,60,66)(H,61,67)(H,75,76)/p-1. The summed E-state index contributed by atoms with van der Waals surface area (Å²) in [5.74, 6) is -2.37. The van der Waals surface area contributed by atoms with Gasteiger partial charge in [0.25, 0.3) is 19.2 Å². The van der Waals surface area contributed by atoms with E-state index in [1.807, 2.05) is 27.7 Å². The number of phosphoric ester groups is 1. The van der Waals surface area contributed by atoms with Gasteiger partial charge in [-0.05, 0) is 59.4 Å². The van der Waals surface area contributed by atoms with Crippen LogP contribution in [0.4, 0.5) is 22.7 Å². The minimum atomic E-state index is -4.99. The number of phosphoric acid groups is 1. The number of carbonyl (C=O) groups excluding carboxylic acids is 4. The second-order valence-corrected chi connectivity index (χ2v) is 24.5. The Morgan fingerprint density at radius 2 is 1.05 bits per heavy atom. The van der Waals surface area contributed by atoms with Gasteiger partial charge in [-0.15, -0.1) is 0 Å². The number of amides is 2. The van der Waals surface area contributed by atoms with E-state index in [0.717, 1.165) is 51.0 Å². The average molecular weight is 1190 g/mol. The molecular weight excluding hydrogens is 1080 g/mol. The molecule has 1 saturated heterocycles. The highest BCUT2D eigenvalue weighted by atomic mass is 31.2. The Kier molecular flexibility index (Phi) is 38.0. The van der Waals surface area contributed by atoms with Crippen LogP contribution in [0, 0.1) is 20.2 Å². The molecule has 472 valence electrons. The summed E-state index contributed by atoms with van der Waals surface area (Å²) in [6, 6.07) is 1.81. The molecule has 1 aromatic carbocycles. The van der Waals surface area contributed by atoms with E-state index in [2.05, 4.69) is 35.1 Å². The summed E-state index contributed by atoms with van der Waals surface area (Å²) in [4.78, 5) is 85.5. The predicted molar refractivity (Wildman–Crippen MR) is 314 cm³/mol. The number of nitrogens with one attached hydrogen (secondary N) is 4. The van der Waals surface area contributed by atoms with Crippen LogP contribution in [0.2, 0.25) is 0 Å². The summed E-state index contributed by atoms with van der Waals surface area (Å²) in [7, 11) is -4.99. The molecule has 2 rings (SSSR count). The van der Waals surface area contributed by atoms with E-state index in [4.69, 9.17) is 23.3 Å². The third-order valence-electron chi connectivity index (χ3n) is 14.5. The van der Waals surface area contributed by atoms with Crippen molar-refractivity contribution in [3.05, 3.63) is 32.4 Å². The highest BCUT2D eigenvalue weighted by molar-refractivity contribution is 7.45. The van der Waals surface area contributed by atoms with Gasteiger partial charge in [0.1, 0.15) is 31.2 Å². The summed E-state index contributed by atoms with van der Waals surface area (Å²) < 4.78 is 38.7. The van der Waals surface area contributed by atoms with Gasteiger partial charge in [0.15, 0.2) is 6.10 Å². The first kappa shape index (κ1) is 73.6. The van der Waals surface area contributed by atoms with Crippen LogP contribution >= 0.6 is 7.82 Å². The van der Waals surface area contributed by atoms with Crippen molar-refractivity contribution in [3.8, 4) is 0 Å². The van der Waals surface area contributed by atoms with Gasteiger partial charge in [-0.3, -0.25) is 44.0 Å². The van der Waals surface area contributed by atoms with Crippen molar-refractivity contribution in [2.24, 2.45) is 0 Å². The number of piperidine rings is 1. The number of hydrogen-bond donors (Lipinski definition) is 5. The molecular formula is C58H103N7O16P-. The number of nitro benzene ring substituents is 2. The Balaban J connectivity index is 1.77. The Morgan fingerprint density at radius 1 is 0.622 bits per heavy atom. The molecule has 5 N–H and O–H groups in total. The summed E-state index contributed by atoms with van der Waals surface area (Å²) in [6.07, 6.45) is 30.0. The van der Waals surface area contributed by atoms with Crippen molar-refractivity contribution in [1.82, 2.24) is 15.7 Å². The molecule has 0 radical (unpaired) electrons. The summed E-state index contributed by atoms with van der Waals surface area (Å²) in [5, 5.41) is 46.8. The highest BCUT2D eigenvalue weighted by Gasteiger charge is 2.45. The fourth-order valence-electron chi connectivity index (χ4n) is 10.2. The van der Waals surface area contributed by atoms with Crippen molar-refractivity contribution in [2.45, 2.75) is 257 Å². The largest absolute Gasteiger partial charge is 0.756 e. The third-order valence-corrected chi connectivity index (χ3v) is 15.5. The average Bonchev–Trinajstić information content (AvgIpc) is 3.62. The van der Waals surface area contributed by atoms with E-state index in [1.165, 1.54) is 120 Å². The lowest BCUT2D eigenvalue weighted by atomic mass is 9.79. The number of ether oxygens (including phenoxy) is 3. The molecule has 2 atom stereocenters. The zero-order valence-corrected chi connectivity index (χ0v) is 51.4. The number of benzene rings is 1. The smallest absolute Gasteiger partial charge is 0.306 e. The lowest BCUT2D eigenvalue weighted by Crippen LogP contribution is -2.61. The van der Waals surface area contributed by atoms with E-state index in [0.29, 0.717) is 25.7 Å². The number of nitrogens with zero attached hydrogens (tertiary/aromatic N) is 3. The molecule has 2 amide bonds. The molecule has 82 heavy (non-hydrogen) atoms. The second kappa shape index (κ2) is 42.3. The van der Waals surface area contributed by atoms with Gasteiger partial charge >= 0.3 is 11.9 Å². The summed E-state index contributed by atoms with van der Waals surface area (Å²) >= 11 is 0. The molecule has 1 fully saturated rings. The fourth-order valence-corrected chi connectivity index (χ4v) is 11.0. The van der Waals surface area contributed by atoms with Crippen LogP contribution in [0.15, 0.2) is 12.1 Å². The first-order chi connectivity index (χ1) is 39.1. The Morgan fingerprint density at radius 3 is 1.51 bits per heavy atom. The first-order valence-electron chi connectivity index (χ1n) is 30.6. The van der Waals surface area contributed by atoms with E-state index in [9.17, 15) is 54.1 Å². The SMILES string of the molecule is CCCCCCCCCCCCCCCC(=O)OCC(COP(=O)([O-])OCCNC(=O)COCC(=O)NCCNc1cc(NC2CC(C)(C)N(O)C(C)(C)C2)c([N+](=O)[O-])cc1[N+](=O)[O-])OC(=O)CCCCCCCCCCCCCCC. The topological polar surface area (TPSA) is 312 Å². The minimum absolute atomic E-state index is 0.0288. The molecule has 1 aliphatic heterocycles. The number of carbonyl (C=O) groups is 4. The Bertz CT molecular complexity index is 2050. The van der Waals surface area contributed by atoms with Gasteiger partial charge in [0.2, 0.25) is 11.8 Å². The van der Waals surface area contributed by atoms with Crippen molar-refractivity contribution >= 4 is 54.3 Å². The van der Waals surface area contributed by atoms with Crippen LogP contribution in [-0.4, -0.2) is 120 Å². The van der Waals surface area contributed by atoms with E-state index in [1.54, 1.807) is 0 Å². The molecule has 0 bridgehead atoms. The number of hydrogen-bond acceptors (Lipinski definition) is 19. The van der Waals surface area contributed by atoms with Gasteiger partial charge < -0.3 is 54.6 Å². The van der Waals surface area contributed by atoms with Gasteiger partial charge in [0, 0.05) is 49.6 Å². The van der Waals surface area contributed by atoms with Crippen molar-refractivity contribution in [3.63, 3.8) is 0 Å². The predicted octanol–water partition coefficient (Wildman–Crippen LogP) is 11.9. The lowest BCUT2D eigenvalue weighted by Gasteiger charge is -2.51. The van der Waals surface area contributed by atoms with E-state index < -0.39 is 103 Å². The molecule has 2 unspecified atom stereocenters. The van der Waals surface area contributed by atoms with Crippen LogP contribution in [0.1, 0.15) is 234 Å². The third kappa shape index (κ3) is 33.7. The number of unbranched alkanes of at least 4 members (excludes halogenated alkanes) is 24. The number of esters is 2. The Labute approximate surface area is 488 Å². The molecule has 1 aromatic rings. The first-order valence-corrected chi connectivity index (χ1v) is 32.1. The van der Waals surface area contributed by atoms with Gasteiger partial charge in [-0.25, -0.2) is 0 Å². The molecule has 0 aliphatic carbocycles. The molecule has 0 spiro atoms. The molecule has 1 heterocycles. The summed E-state index contributed by atoms with van der Waals surface area (Å²) in [5.41, 5.74) is -2.39. The van der Waals surface area contributed by atoms with Crippen LogP contribution in [0.5, 0.6) is 0 Å². The normalized spacial score (nSPS) is 15.3. The number of nitro groups is 2. The van der Waals surface area contributed by atoms with Crippen molar-refractivity contribution in [1.29, 1.82) is 0 Å². The summed E-state index contributed by atoms with van der Waals surface area (Å²) in [6.45, 7) is 8.73. The van der Waals surface area contributed by atoms with E-state index >= 15 is 0 Å². The lowest BCUT2D eigenvalue weighted by molar-refractivity contribution is -0.393. The quantitative estimate of drug-likeness (QED) is 0.0133. The fraction of sp³-hybridized carbons (Fsp3) is 0.828. The van der Waals surface area contributed by atoms with Crippen LogP contribution in [-0.2, 0) is 47.0 Å². The zero-order chi connectivity index (χ0) is 60.7. The van der Waals surface area contributed by atoms with Crippen LogP contribution < -0.4 is 26.2 Å². The number of anilines is 2. The van der Waals surface area contributed by atoms with Gasteiger partial charge in [-0.1, -0.05) is 168 Å².